The molecule has 4 nitrogen and oxygen atoms in total. The first-order valence-electron chi connectivity index (χ1n) is 8.39. The first kappa shape index (κ1) is 16.7. The van der Waals surface area contributed by atoms with Gasteiger partial charge in [-0.3, -0.25) is 4.79 Å². The lowest BCUT2D eigenvalue weighted by Crippen LogP contribution is -2.35. The van der Waals surface area contributed by atoms with Gasteiger partial charge in [0.05, 0.1) is 6.10 Å². The second-order valence-corrected chi connectivity index (χ2v) is 6.23. The Balaban J connectivity index is 1.44. The highest BCUT2D eigenvalue weighted by Gasteiger charge is 2.28. The molecule has 1 heterocycles. The van der Waals surface area contributed by atoms with Gasteiger partial charge in [-0.15, -0.1) is 0 Å². The molecule has 0 aliphatic carbocycles. The van der Waals surface area contributed by atoms with Crippen molar-refractivity contribution in [1.29, 1.82) is 0 Å². The molecule has 3 atom stereocenters. The molecule has 126 valence electrons. The van der Waals surface area contributed by atoms with E-state index in [4.69, 9.17) is 4.74 Å². The molecule has 2 aromatic carbocycles. The molecule has 2 aromatic rings. The Morgan fingerprint density at radius 1 is 1.21 bits per heavy atom. The summed E-state index contributed by atoms with van der Waals surface area (Å²) in [4.78, 5) is 12.3. The van der Waals surface area contributed by atoms with Crippen LogP contribution in [-0.2, 0) is 11.2 Å². The molecule has 0 bridgehead atoms. The predicted molar refractivity (Wildman–Crippen MR) is 93.1 cm³/mol. The maximum atomic E-state index is 12.3. The summed E-state index contributed by atoms with van der Waals surface area (Å²) in [6.07, 6.45) is 0.0775. The fraction of sp³-hybridized carbons (Fsp3) is 0.350. The fourth-order valence-electron chi connectivity index (χ4n) is 3.00. The van der Waals surface area contributed by atoms with Crippen LogP contribution in [0.15, 0.2) is 54.6 Å². The number of carbonyl (C=O) groups excluding carboxylic acids is 1. The third-order valence-corrected chi connectivity index (χ3v) is 4.46. The minimum Gasteiger partial charge on any atom is -0.482 e. The summed E-state index contributed by atoms with van der Waals surface area (Å²) < 4.78 is 5.72. The van der Waals surface area contributed by atoms with Gasteiger partial charge in [0.1, 0.15) is 5.75 Å². The number of ketones is 1. The Morgan fingerprint density at radius 2 is 1.92 bits per heavy atom. The predicted octanol–water partition coefficient (Wildman–Crippen LogP) is 2.66. The van der Waals surface area contributed by atoms with Gasteiger partial charge < -0.3 is 15.2 Å². The fourth-order valence-corrected chi connectivity index (χ4v) is 3.00. The van der Waals surface area contributed by atoms with Gasteiger partial charge in [-0.25, -0.2) is 0 Å². The van der Waals surface area contributed by atoms with Crippen molar-refractivity contribution in [2.45, 2.75) is 38.0 Å². The molecule has 24 heavy (non-hydrogen) atoms. The molecule has 0 saturated carbocycles. The molecule has 1 aliphatic heterocycles. The zero-order valence-corrected chi connectivity index (χ0v) is 13.8. The molecule has 0 saturated heterocycles. The maximum absolute atomic E-state index is 12.3. The first-order valence-corrected chi connectivity index (χ1v) is 8.39. The highest BCUT2D eigenvalue weighted by molar-refractivity contribution is 5.84. The number of para-hydroxylation sites is 1. The van der Waals surface area contributed by atoms with Gasteiger partial charge >= 0.3 is 0 Å². The Bertz CT molecular complexity index is 661. The van der Waals surface area contributed by atoms with E-state index < -0.39 is 6.10 Å². The number of aliphatic hydroxyl groups is 1. The van der Waals surface area contributed by atoms with Crippen molar-refractivity contribution in [2.75, 3.05) is 6.54 Å². The van der Waals surface area contributed by atoms with Gasteiger partial charge in [0.15, 0.2) is 11.9 Å². The van der Waals surface area contributed by atoms with Gasteiger partial charge in [-0.1, -0.05) is 48.5 Å². The minimum absolute atomic E-state index is 0.0973. The summed E-state index contributed by atoms with van der Waals surface area (Å²) in [7, 11) is 0. The standard InChI is InChI=1S/C20H23NO3/c1-14(20(23)15-7-3-2-4-8-15)21-12-11-17(22)19-13-16-9-5-6-10-18(16)24-19/h2-10,14,19-21,23H,11-13H2,1H3. The third-order valence-electron chi connectivity index (χ3n) is 4.46. The molecule has 3 rings (SSSR count). The van der Waals surface area contributed by atoms with E-state index in [1.54, 1.807) is 0 Å². The molecule has 2 N–H and O–H groups in total. The van der Waals surface area contributed by atoms with Crippen molar-refractivity contribution < 1.29 is 14.6 Å². The molecule has 3 unspecified atom stereocenters. The summed E-state index contributed by atoms with van der Waals surface area (Å²) in [6.45, 7) is 2.45. The number of fused-ring (bicyclic) bond motifs is 1. The molecule has 0 fully saturated rings. The van der Waals surface area contributed by atoms with E-state index in [-0.39, 0.29) is 17.9 Å². The van der Waals surface area contributed by atoms with Crippen LogP contribution in [0.4, 0.5) is 0 Å². The minimum atomic E-state index is -0.590. The lowest BCUT2D eigenvalue weighted by molar-refractivity contribution is -0.125. The largest absolute Gasteiger partial charge is 0.482 e. The summed E-state index contributed by atoms with van der Waals surface area (Å²) in [5, 5.41) is 13.5. The topological polar surface area (TPSA) is 58.6 Å². The average molecular weight is 325 g/mol. The Morgan fingerprint density at radius 3 is 2.67 bits per heavy atom. The smallest absolute Gasteiger partial charge is 0.174 e. The number of nitrogens with one attached hydrogen (secondary N) is 1. The monoisotopic (exact) mass is 325 g/mol. The van der Waals surface area contributed by atoms with E-state index in [2.05, 4.69) is 5.32 Å². The Kier molecular flexibility index (Phi) is 5.28. The van der Waals surface area contributed by atoms with Crippen molar-refractivity contribution >= 4 is 5.78 Å². The van der Waals surface area contributed by atoms with Crippen LogP contribution in [0.3, 0.4) is 0 Å². The summed E-state index contributed by atoms with van der Waals surface area (Å²) in [6, 6.07) is 17.2. The van der Waals surface area contributed by atoms with Crippen molar-refractivity contribution in [3.05, 3.63) is 65.7 Å². The molecule has 0 spiro atoms. The number of carbonyl (C=O) groups is 1. The lowest BCUT2D eigenvalue weighted by atomic mass is 10.0. The van der Waals surface area contributed by atoms with Gasteiger partial charge in [0, 0.05) is 25.4 Å². The van der Waals surface area contributed by atoms with Crippen molar-refractivity contribution in [2.24, 2.45) is 0 Å². The normalized spacial score (nSPS) is 18.5. The zero-order chi connectivity index (χ0) is 16.9. The van der Waals surface area contributed by atoms with E-state index in [1.807, 2.05) is 61.5 Å². The maximum Gasteiger partial charge on any atom is 0.174 e. The summed E-state index contributed by atoms with van der Waals surface area (Å²) >= 11 is 0. The van der Waals surface area contributed by atoms with Crippen LogP contribution in [0.25, 0.3) is 0 Å². The van der Waals surface area contributed by atoms with Crippen molar-refractivity contribution in [1.82, 2.24) is 5.32 Å². The second-order valence-electron chi connectivity index (χ2n) is 6.23. The number of Topliss-reactive ketones (excluding diaryl/α,β-unsaturated/α-hetero) is 1. The van der Waals surface area contributed by atoms with E-state index >= 15 is 0 Å². The molecule has 1 aliphatic rings. The van der Waals surface area contributed by atoms with Gasteiger partial charge in [0.2, 0.25) is 0 Å². The molecule has 0 aromatic heterocycles. The quantitative estimate of drug-likeness (QED) is 0.822. The Labute approximate surface area is 142 Å². The SMILES string of the molecule is CC(NCCC(=O)C1Cc2ccccc2O1)C(O)c1ccccc1. The zero-order valence-electron chi connectivity index (χ0n) is 13.8. The van der Waals surface area contributed by atoms with Crippen LogP contribution in [-0.4, -0.2) is 29.6 Å². The van der Waals surface area contributed by atoms with Gasteiger partial charge in [-0.2, -0.15) is 0 Å². The summed E-state index contributed by atoms with van der Waals surface area (Å²) in [5.41, 5.74) is 1.97. The molecule has 4 heteroatoms. The van der Waals surface area contributed by atoms with E-state index in [0.29, 0.717) is 19.4 Å². The second kappa shape index (κ2) is 7.60. The number of hydrogen-bond donors (Lipinski definition) is 2. The van der Waals surface area contributed by atoms with Crippen LogP contribution < -0.4 is 10.1 Å². The third kappa shape index (κ3) is 3.83. The highest BCUT2D eigenvalue weighted by Crippen LogP contribution is 2.28. The first-order chi connectivity index (χ1) is 11.6. The summed E-state index contributed by atoms with van der Waals surface area (Å²) in [5.74, 6) is 0.914. The lowest BCUT2D eigenvalue weighted by Gasteiger charge is -2.20. The molecule has 0 radical (unpaired) electrons. The van der Waals surface area contributed by atoms with E-state index in [0.717, 1.165) is 16.9 Å². The number of rotatable bonds is 7. The molecular weight excluding hydrogens is 302 g/mol. The number of ether oxygens (including phenoxy) is 1. The van der Waals surface area contributed by atoms with E-state index in [9.17, 15) is 9.90 Å². The van der Waals surface area contributed by atoms with Crippen LogP contribution >= 0.6 is 0 Å². The van der Waals surface area contributed by atoms with Crippen LogP contribution in [0.2, 0.25) is 0 Å². The van der Waals surface area contributed by atoms with Gasteiger partial charge in [-0.05, 0) is 24.1 Å². The van der Waals surface area contributed by atoms with Crippen molar-refractivity contribution in [3.63, 3.8) is 0 Å². The van der Waals surface area contributed by atoms with Gasteiger partial charge in [0.25, 0.3) is 0 Å². The van der Waals surface area contributed by atoms with Crippen molar-refractivity contribution in [3.8, 4) is 5.75 Å². The average Bonchev–Trinajstić information content (AvgIpc) is 3.06. The highest BCUT2D eigenvalue weighted by atomic mass is 16.5. The number of aliphatic hydroxyl groups excluding tert-OH is 1. The molecular formula is C20H23NO3. The number of hydrogen-bond acceptors (Lipinski definition) is 4. The van der Waals surface area contributed by atoms with Crippen LogP contribution in [0, 0.1) is 0 Å². The molecule has 0 amide bonds. The van der Waals surface area contributed by atoms with Crippen LogP contribution in [0.5, 0.6) is 5.75 Å². The Hall–Kier alpha value is -2.17. The number of benzene rings is 2. The van der Waals surface area contributed by atoms with Crippen LogP contribution in [0.1, 0.15) is 30.6 Å². The van der Waals surface area contributed by atoms with E-state index in [1.165, 1.54) is 0 Å².